The van der Waals surface area contributed by atoms with Crippen molar-refractivity contribution in [2.45, 2.75) is 72.8 Å². The molecule has 3 heteroatoms. The van der Waals surface area contributed by atoms with Crippen LogP contribution < -0.4 is 0 Å². The van der Waals surface area contributed by atoms with E-state index in [0.29, 0.717) is 17.4 Å². The molecule has 1 heterocycles. The first-order valence-electron chi connectivity index (χ1n) is 8.69. The maximum Gasteiger partial charge on any atom is 0.335 e. The molecule has 23 heavy (non-hydrogen) atoms. The van der Waals surface area contributed by atoms with Crippen molar-refractivity contribution in [3.63, 3.8) is 0 Å². The van der Waals surface area contributed by atoms with Crippen LogP contribution in [0.1, 0.15) is 86.5 Å². The Balaban J connectivity index is 2.89. The fourth-order valence-electron chi connectivity index (χ4n) is 3.56. The van der Waals surface area contributed by atoms with Gasteiger partial charge in [0, 0.05) is 17.6 Å². The van der Waals surface area contributed by atoms with Gasteiger partial charge in [-0.2, -0.15) is 0 Å². The van der Waals surface area contributed by atoms with Crippen LogP contribution in [-0.4, -0.2) is 15.6 Å². The van der Waals surface area contributed by atoms with Gasteiger partial charge in [0.2, 0.25) is 0 Å². The lowest BCUT2D eigenvalue weighted by Crippen LogP contribution is -2.05. The smallest absolute Gasteiger partial charge is 0.335 e. The Morgan fingerprint density at radius 1 is 1.17 bits per heavy atom. The van der Waals surface area contributed by atoms with E-state index in [-0.39, 0.29) is 0 Å². The number of hydrogen-bond donors (Lipinski definition) is 1. The number of nitrogens with zero attached hydrogens (tertiary/aromatic N) is 1. The van der Waals surface area contributed by atoms with Crippen LogP contribution in [-0.2, 0) is 6.54 Å². The maximum atomic E-state index is 11.6. The van der Waals surface area contributed by atoms with Crippen molar-refractivity contribution in [2.75, 3.05) is 0 Å². The summed E-state index contributed by atoms with van der Waals surface area (Å²) in [5.41, 5.74) is 5.36. The summed E-state index contributed by atoms with van der Waals surface area (Å²) in [6.07, 6.45) is 2.29. The number of carbonyl (C=O) groups is 1. The van der Waals surface area contributed by atoms with E-state index in [0.717, 1.165) is 30.3 Å². The molecule has 1 N–H and O–H groups in total. The second-order valence-electron chi connectivity index (χ2n) is 7.08. The van der Waals surface area contributed by atoms with E-state index in [1.54, 1.807) is 0 Å². The number of benzene rings is 1. The summed E-state index contributed by atoms with van der Waals surface area (Å²) in [5.74, 6) is -0.168. The number of fused-ring (bicyclic) bond motifs is 1. The summed E-state index contributed by atoms with van der Waals surface area (Å²) < 4.78 is 2.41. The standard InChI is InChI=1S/C20H29NO2/c1-7-8-9-21-14(6)18(13(4)5)17-11-15(20(22)23)10-16(12(2)3)19(17)21/h10-13H,7-9H2,1-6H3,(H,22,23). The van der Waals surface area contributed by atoms with Crippen LogP contribution in [0.5, 0.6) is 0 Å². The second-order valence-corrected chi connectivity index (χ2v) is 7.08. The van der Waals surface area contributed by atoms with Crippen molar-refractivity contribution in [3.8, 4) is 0 Å². The molecule has 0 fully saturated rings. The normalized spacial score (nSPS) is 11.8. The Kier molecular flexibility index (Phi) is 5.18. The highest BCUT2D eigenvalue weighted by atomic mass is 16.4. The lowest BCUT2D eigenvalue weighted by Gasteiger charge is -2.14. The number of rotatable bonds is 6. The molecule has 0 saturated carbocycles. The quantitative estimate of drug-likeness (QED) is 0.743. The van der Waals surface area contributed by atoms with Crippen LogP contribution in [0.15, 0.2) is 12.1 Å². The Morgan fingerprint density at radius 3 is 2.30 bits per heavy atom. The molecule has 0 aliphatic heterocycles. The predicted molar refractivity (Wildman–Crippen MR) is 96.7 cm³/mol. The zero-order chi connectivity index (χ0) is 17.3. The summed E-state index contributed by atoms with van der Waals surface area (Å²) in [5, 5.41) is 10.6. The summed E-state index contributed by atoms with van der Waals surface area (Å²) in [4.78, 5) is 11.6. The largest absolute Gasteiger partial charge is 0.478 e. The van der Waals surface area contributed by atoms with Crippen molar-refractivity contribution in [1.29, 1.82) is 0 Å². The highest BCUT2D eigenvalue weighted by Crippen LogP contribution is 2.37. The average Bonchev–Trinajstić information content (AvgIpc) is 2.75. The SMILES string of the molecule is CCCCn1c(C)c(C(C)C)c2cc(C(=O)O)cc(C(C)C)c21. The summed E-state index contributed by atoms with van der Waals surface area (Å²) in [7, 11) is 0. The third-order valence-corrected chi connectivity index (χ3v) is 4.68. The first-order chi connectivity index (χ1) is 10.8. The minimum Gasteiger partial charge on any atom is -0.478 e. The molecule has 0 unspecified atom stereocenters. The van der Waals surface area contributed by atoms with E-state index in [1.807, 2.05) is 12.1 Å². The molecule has 0 radical (unpaired) electrons. The highest BCUT2D eigenvalue weighted by molar-refractivity contribution is 5.97. The Bertz CT molecular complexity index is 723. The van der Waals surface area contributed by atoms with Gasteiger partial charge in [-0.3, -0.25) is 0 Å². The Labute approximate surface area is 139 Å². The molecule has 126 valence electrons. The minimum absolute atomic E-state index is 0.298. The number of unbranched alkanes of at least 4 members (excludes halogenated alkanes) is 1. The van der Waals surface area contributed by atoms with E-state index in [1.165, 1.54) is 16.8 Å². The number of carboxylic acids is 1. The zero-order valence-corrected chi connectivity index (χ0v) is 15.2. The summed E-state index contributed by atoms with van der Waals surface area (Å²) >= 11 is 0. The molecule has 0 bridgehead atoms. The van der Waals surface area contributed by atoms with Crippen molar-refractivity contribution in [3.05, 3.63) is 34.5 Å². The maximum absolute atomic E-state index is 11.6. The lowest BCUT2D eigenvalue weighted by atomic mass is 9.93. The van der Waals surface area contributed by atoms with E-state index in [9.17, 15) is 9.90 Å². The fraction of sp³-hybridized carbons (Fsp3) is 0.550. The molecule has 0 aliphatic carbocycles. The van der Waals surface area contributed by atoms with Gasteiger partial charge in [-0.1, -0.05) is 41.0 Å². The highest BCUT2D eigenvalue weighted by Gasteiger charge is 2.22. The van der Waals surface area contributed by atoms with Crippen LogP contribution in [0.3, 0.4) is 0 Å². The van der Waals surface area contributed by atoms with Gasteiger partial charge in [0.25, 0.3) is 0 Å². The molecular formula is C20H29NO2. The predicted octanol–water partition coefficient (Wildman–Crippen LogP) is 5.69. The van der Waals surface area contributed by atoms with Crippen LogP contribution >= 0.6 is 0 Å². The Hall–Kier alpha value is -1.77. The lowest BCUT2D eigenvalue weighted by molar-refractivity contribution is 0.0697. The molecule has 0 amide bonds. The van der Waals surface area contributed by atoms with Gasteiger partial charge in [-0.15, -0.1) is 0 Å². The van der Waals surface area contributed by atoms with Gasteiger partial charge in [-0.05, 0) is 48.4 Å². The summed E-state index contributed by atoms with van der Waals surface area (Å²) in [6.45, 7) is 14.0. The third-order valence-electron chi connectivity index (χ3n) is 4.68. The van der Waals surface area contributed by atoms with Gasteiger partial charge in [0.05, 0.1) is 11.1 Å². The number of hydrogen-bond acceptors (Lipinski definition) is 1. The van der Waals surface area contributed by atoms with E-state index in [4.69, 9.17) is 0 Å². The van der Waals surface area contributed by atoms with Crippen molar-refractivity contribution >= 4 is 16.9 Å². The van der Waals surface area contributed by atoms with Crippen LogP contribution in [0.2, 0.25) is 0 Å². The topological polar surface area (TPSA) is 42.2 Å². The minimum atomic E-state index is -0.845. The molecule has 2 aromatic rings. The van der Waals surface area contributed by atoms with Crippen molar-refractivity contribution in [2.24, 2.45) is 0 Å². The van der Waals surface area contributed by atoms with Gasteiger partial charge < -0.3 is 9.67 Å². The van der Waals surface area contributed by atoms with Crippen molar-refractivity contribution < 1.29 is 9.90 Å². The molecule has 0 saturated heterocycles. The van der Waals surface area contributed by atoms with Crippen LogP contribution in [0, 0.1) is 6.92 Å². The molecule has 2 rings (SSSR count). The third kappa shape index (κ3) is 3.15. The molecule has 3 nitrogen and oxygen atoms in total. The second kappa shape index (κ2) is 6.77. The molecule has 1 aromatic carbocycles. The van der Waals surface area contributed by atoms with Crippen molar-refractivity contribution in [1.82, 2.24) is 4.57 Å². The number of aromatic nitrogens is 1. The van der Waals surface area contributed by atoms with Gasteiger partial charge in [-0.25, -0.2) is 4.79 Å². The average molecular weight is 315 g/mol. The summed E-state index contributed by atoms with van der Waals surface area (Å²) in [6, 6.07) is 3.73. The number of aromatic carboxylic acids is 1. The molecule has 1 aromatic heterocycles. The van der Waals surface area contributed by atoms with Gasteiger partial charge >= 0.3 is 5.97 Å². The molecule has 0 atom stereocenters. The molecular weight excluding hydrogens is 286 g/mol. The van der Waals surface area contributed by atoms with E-state index >= 15 is 0 Å². The monoisotopic (exact) mass is 315 g/mol. The first kappa shape index (κ1) is 17.6. The van der Waals surface area contributed by atoms with Crippen LogP contribution in [0.25, 0.3) is 10.9 Å². The molecule has 0 aliphatic rings. The van der Waals surface area contributed by atoms with E-state index in [2.05, 4.69) is 46.1 Å². The van der Waals surface area contributed by atoms with Crippen LogP contribution in [0.4, 0.5) is 0 Å². The number of aryl methyl sites for hydroxylation is 1. The fourth-order valence-corrected chi connectivity index (χ4v) is 3.56. The zero-order valence-electron chi connectivity index (χ0n) is 15.2. The molecule has 0 spiro atoms. The van der Waals surface area contributed by atoms with Gasteiger partial charge in [0.1, 0.15) is 0 Å². The first-order valence-corrected chi connectivity index (χ1v) is 8.69. The Morgan fingerprint density at radius 2 is 1.83 bits per heavy atom. The van der Waals surface area contributed by atoms with Gasteiger partial charge in [0.15, 0.2) is 0 Å². The number of carboxylic acid groups (broad SMARTS) is 1. The van der Waals surface area contributed by atoms with E-state index < -0.39 is 5.97 Å².